The van der Waals surface area contributed by atoms with Crippen LogP contribution in [-0.4, -0.2) is 29.8 Å². The Labute approximate surface area is 59.0 Å². The first-order valence-electron chi connectivity index (χ1n) is 3.32. The van der Waals surface area contributed by atoms with Crippen LogP contribution >= 0.6 is 0 Å². The monoisotopic (exact) mass is 145 g/mol. The normalized spacial score (nSPS) is 28.3. The van der Waals surface area contributed by atoms with E-state index in [0.717, 1.165) is 12.8 Å². The standard InChI is InChI=1S/C6H11NO3/c7-5(6(8)9)4-2-1-3-10-4/h4-5H,1-3,7H2,(H,8,9). The molecule has 0 bridgehead atoms. The lowest BCUT2D eigenvalue weighted by Crippen LogP contribution is -2.41. The Balaban J connectivity index is 2.39. The molecule has 2 unspecified atom stereocenters. The van der Waals surface area contributed by atoms with Crippen molar-refractivity contribution in [2.24, 2.45) is 5.73 Å². The summed E-state index contributed by atoms with van der Waals surface area (Å²) >= 11 is 0. The molecule has 1 heterocycles. The van der Waals surface area contributed by atoms with Crippen LogP contribution in [0.2, 0.25) is 0 Å². The average molecular weight is 145 g/mol. The van der Waals surface area contributed by atoms with Crippen LogP contribution in [0.3, 0.4) is 0 Å². The predicted molar refractivity (Wildman–Crippen MR) is 34.6 cm³/mol. The number of carbonyl (C=O) groups is 1. The molecule has 1 fully saturated rings. The molecule has 1 aliphatic rings. The van der Waals surface area contributed by atoms with Crippen molar-refractivity contribution in [1.82, 2.24) is 0 Å². The minimum Gasteiger partial charge on any atom is -0.480 e. The van der Waals surface area contributed by atoms with Crippen molar-refractivity contribution in [2.75, 3.05) is 6.61 Å². The summed E-state index contributed by atoms with van der Waals surface area (Å²) in [5, 5.41) is 8.44. The van der Waals surface area contributed by atoms with Gasteiger partial charge in [-0.05, 0) is 12.8 Å². The summed E-state index contributed by atoms with van der Waals surface area (Å²) in [4.78, 5) is 10.3. The molecule has 1 rings (SSSR count). The van der Waals surface area contributed by atoms with Crippen LogP contribution in [-0.2, 0) is 9.53 Å². The van der Waals surface area contributed by atoms with Crippen LogP contribution in [0.15, 0.2) is 0 Å². The van der Waals surface area contributed by atoms with Crippen molar-refractivity contribution in [2.45, 2.75) is 25.0 Å². The molecule has 10 heavy (non-hydrogen) atoms. The van der Waals surface area contributed by atoms with Gasteiger partial charge in [0.2, 0.25) is 0 Å². The molecular weight excluding hydrogens is 134 g/mol. The summed E-state index contributed by atoms with van der Waals surface area (Å²) in [6.45, 7) is 0.644. The number of hydrogen-bond acceptors (Lipinski definition) is 3. The number of carboxylic acids is 1. The maximum Gasteiger partial charge on any atom is 0.323 e. The Bertz CT molecular complexity index is 131. The zero-order valence-electron chi connectivity index (χ0n) is 5.62. The topological polar surface area (TPSA) is 72.6 Å². The maximum atomic E-state index is 10.3. The van der Waals surface area contributed by atoms with Crippen LogP contribution in [0.5, 0.6) is 0 Å². The molecule has 0 spiro atoms. The van der Waals surface area contributed by atoms with E-state index in [1.54, 1.807) is 0 Å². The third-order valence-electron chi connectivity index (χ3n) is 1.65. The van der Waals surface area contributed by atoms with Crippen LogP contribution in [0.25, 0.3) is 0 Å². The van der Waals surface area contributed by atoms with E-state index in [9.17, 15) is 4.79 Å². The minimum atomic E-state index is -0.980. The first kappa shape index (κ1) is 7.50. The molecule has 3 N–H and O–H groups in total. The van der Waals surface area contributed by atoms with Crippen molar-refractivity contribution >= 4 is 5.97 Å². The second kappa shape index (κ2) is 2.98. The molecule has 58 valence electrons. The molecule has 0 aromatic carbocycles. The Morgan fingerprint density at radius 2 is 2.50 bits per heavy atom. The van der Waals surface area contributed by atoms with Gasteiger partial charge in [-0.15, -0.1) is 0 Å². The average Bonchev–Trinajstić information content (AvgIpc) is 2.36. The number of ether oxygens (including phenoxy) is 1. The molecule has 1 aliphatic heterocycles. The molecule has 4 nitrogen and oxygen atoms in total. The van der Waals surface area contributed by atoms with Gasteiger partial charge in [-0.1, -0.05) is 0 Å². The van der Waals surface area contributed by atoms with Gasteiger partial charge in [-0.25, -0.2) is 0 Å². The van der Waals surface area contributed by atoms with Gasteiger partial charge in [0.25, 0.3) is 0 Å². The van der Waals surface area contributed by atoms with E-state index in [2.05, 4.69) is 0 Å². The number of aliphatic carboxylic acids is 1. The zero-order chi connectivity index (χ0) is 7.56. The van der Waals surface area contributed by atoms with Gasteiger partial charge in [0.15, 0.2) is 0 Å². The van der Waals surface area contributed by atoms with Crippen molar-refractivity contribution < 1.29 is 14.6 Å². The van der Waals surface area contributed by atoms with Gasteiger partial charge in [-0.3, -0.25) is 4.79 Å². The molecule has 0 amide bonds. The van der Waals surface area contributed by atoms with Crippen molar-refractivity contribution in [3.8, 4) is 0 Å². The predicted octanol–water partition coefficient (Wildman–Crippen LogP) is -0.423. The molecule has 2 atom stereocenters. The van der Waals surface area contributed by atoms with Crippen molar-refractivity contribution in [3.05, 3.63) is 0 Å². The molecule has 1 saturated heterocycles. The fourth-order valence-corrected chi connectivity index (χ4v) is 1.04. The fraction of sp³-hybridized carbons (Fsp3) is 0.833. The van der Waals surface area contributed by atoms with Crippen LogP contribution in [0.4, 0.5) is 0 Å². The van der Waals surface area contributed by atoms with E-state index >= 15 is 0 Å². The number of nitrogens with two attached hydrogens (primary N) is 1. The van der Waals surface area contributed by atoms with E-state index in [0.29, 0.717) is 6.61 Å². The van der Waals surface area contributed by atoms with Crippen LogP contribution in [0, 0.1) is 0 Å². The van der Waals surface area contributed by atoms with E-state index < -0.39 is 12.0 Å². The zero-order valence-corrected chi connectivity index (χ0v) is 5.62. The first-order chi connectivity index (χ1) is 4.72. The highest BCUT2D eigenvalue weighted by molar-refractivity contribution is 5.73. The van der Waals surface area contributed by atoms with Crippen molar-refractivity contribution in [1.29, 1.82) is 0 Å². The second-order valence-electron chi connectivity index (χ2n) is 2.42. The van der Waals surface area contributed by atoms with Gasteiger partial charge in [0.05, 0.1) is 6.10 Å². The lowest BCUT2D eigenvalue weighted by Gasteiger charge is -2.12. The highest BCUT2D eigenvalue weighted by Crippen LogP contribution is 2.14. The number of carboxylic acid groups (broad SMARTS) is 1. The minimum absolute atomic E-state index is 0.266. The Morgan fingerprint density at radius 1 is 1.80 bits per heavy atom. The van der Waals surface area contributed by atoms with Gasteiger partial charge in [0.1, 0.15) is 6.04 Å². The Hall–Kier alpha value is -0.610. The molecular formula is C6H11NO3. The largest absolute Gasteiger partial charge is 0.480 e. The van der Waals surface area contributed by atoms with E-state index in [-0.39, 0.29) is 6.10 Å². The molecule has 0 aliphatic carbocycles. The van der Waals surface area contributed by atoms with E-state index in [1.807, 2.05) is 0 Å². The number of hydrogen-bond donors (Lipinski definition) is 2. The van der Waals surface area contributed by atoms with Crippen molar-refractivity contribution in [3.63, 3.8) is 0 Å². The third-order valence-corrected chi connectivity index (χ3v) is 1.65. The summed E-state index contributed by atoms with van der Waals surface area (Å²) in [5.74, 6) is -0.980. The van der Waals surface area contributed by atoms with E-state index in [4.69, 9.17) is 15.6 Å². The third kappa shape index (κ3) is 1.46. The van der Waals surface area contributed by atoms with Gasteiger partial charge < -0.3 is 15.6 Å². The molecule has 0 aromatic heterocycles. The summed E-state index contributed by atoms with van der Waals surface area (Å²) in [6, 6.07) is -0.845. The van der Waals surface area contributed by atoms with Gasteiger partial charge in [-0.2, -0.15) is 0 Å². The van der Waals surface area contributed by atoms with Crippen LogP contribution < -0.4 is 5.73 Å². The highest BCUT2D eigenvalue weighted by atomic mass is 16.5. The smallest absolute Gasteiger partial charge is 0.323 e. The number of rotatable bonds is 2. The molecule has 0 saturated carbocycles. The summed E-state index contributed by atoms with van der Waals surface area (Å²) in [6.07, 6.45) is 1.43. The fourth-order valence-electron chi connectivity index (χ4n) is 1.04. The summed E-state index contributed by atoms with van der Waals surface area (Å²) in [7, 11) is 0. The van der Waals surface area contributed by atoms with Gasteiger partial charge >= 0.3 is 5.97 Å². The Morgan fingerprint density at radius 3 is 2.90 bits per heavy atom. The lowest BCUT2D eigenvalue weighted by atomic mass is 10.1. The highest BCUT2D eigenvalue weighted by Gasteiger charge is 2.27. The molecule has 0 radical (unpaired) electrons. The van der Waals surface area contributed by atoms with Gasteiger partial charge in [0, 0.05) is 6.61 Å². The van der Waals surface area contributed by atoms with E-state index in [1.165, 1.54) is 0 Å². The second-order valence-corrected chi connectivity index (χ2v) is 2.42. The lowest BCUT2D eigenvalue weighted by molar-refractivity contribution is -0.141. The SMILES string of the molecule is NC(C(=O)O)C1CCCO1. The first-order valence-corrected chi connectivity index (χ1v) is 3.32. The maximum absolute atomic E-state index is 10.3. The molecule has 0 aromatic rings. The Kier molecular flexibility index (Phi) is 2.24. The summed E-state index contributed by atoms with van der Waals surface area (Å²) in [5.41, 5.74) is 5.30. The van der Waals surface area contributed by atoms with Crippen LogP contribution in [0.1, 0.15) is 12.8 Å². The summed E-state index contributed by atoms with van der Waals surface area (Å²) < 4.78 is 5.07. The molecule has 4 heteroatoms. The quantitative estimate of drug-likeness (QED) is 0.553.